The van der Waals surface area contributed by atoms with Gasteiger partial charge in [0.25, 0.3) is 0 Å². The lowest BCUT2D eigenvalue weighted by atomic mass is 9.95. The van der Waals surface area contributed by atoms with E-state index < -0.39 is 0 Å². The second-order valence-corrected chi connectivity index (χ2v) is 3.83. The van der Waals surface area contributed by atoms with Gasteiger partial charge in [-0.25, -0.2) is 0 Å². The Morgan fingerprint density at radius 1 is 1.23 bits per heavy atom. The first-order valence-electron chi connectivity index (χ1n) is 5.43. The number of ether oxygens (including phenoxy) is 1. The summed E-state index contributed by atoms with van der Waals surface area (Å²) >= 11 is 0. The zero-order chi connectivity index (χ0) is 10.2. The third-order valence-corrected chi connectivity index (χ3v) is 2.60. The fourth-order valence-electron chi connectivity index (χ4n) is 1.39. The van der Waals surface area contributed by atoms with Crippen LogP contribution in [0.5, 0.6) is 0 Å². The van der Waals surface area contributed by atoms with Gasteiger partial charge in [-0.05, 0) is 19.8 Å². The molecular formula is C11H24O2. The van der Waals surface area contributed by atoms with Crippen molar-refractivity contribution in [2.75, 3.05) is 13.2 Å². The summed E-state index contributed by atoms with van der Waals surface area (Å²) in [5.41, 5.74) is -0.0160. The molecule has 0 amide bonds. The first-order valence-corrected chi connectivity index (χ1v) is 5.43. The molecule has 13 heavy (non-hydrogen) atoms. The smallest absolute Gasteiger partial charge is 0.0705 e. The summed E-state index contributed by atoms with van der Waals surface area (Å²) in [7, 11) is 0. The number of aliphatic hydroxyl groups excluding tert-OH is 1. The lowest BCUT2D eigenvalue weighted by molar-refractivity contribution is -0.0545. The van der Waals surface area contributed by atoms with E-state index in [-0.39, 0.29) is 12.2 Å². The Kier molecular flexibility index (Phi) is 7.29. The van der Waals surface area contributed by atoms with Gasteiger partial charge in [-0.2, -0.15) is 0 Å². The largest absolute Gasteiger partial charge is 0.394 e. The molecule has 0 bridgehead atoms. The summed E-state index contributed by atoms with van der Waals surface area (Å²) in [5, 5.41) is 8.67. The van der Waals surface area contributed by atoms with Crippen LogP contribution in [-0.4, -0.2) is 23.9 Å². The first kappa shape index (κ1) is 12.9. The number of hydrogen-bond donors (Lipinski definition) is 1. The highest BCUT2D eigenvalue weighted by molar-refractivity contribution is 4.72. The molecule has 0 saturated carbocycles. The fraction of sp³-hybridized carbons (Fsp3) is 1.00. The highest BCUT2D eigenvalue weighted by atomic mass is 16.5. The predicted octanol–water partition coefficient (Wildman–Crippen LogP) is 2.74. The minimum Gasteiger partial charge on any atom is -0.394 e. The van der Waals surface area contributed by atoms with Crippen molar-refractivity contribution in [1.29, 1.82) is 0 Å². The summed E-state index contributed by atoms with van der Waals surface area (Å²) < 4.78 is 5.62. The maximum absolute atomic E-state index is 8.67. The van der Waals surface area contributed by atoms with Gasteiger partial charge >= 0.3 is 0 Å². The molecule has 0 rings (SSSR count). The van der Waals surface area contributed by atoms with E-state index in [0.717, 1.165) is 12.8 Å². The van der Waals surface area contributed by atoms with Gasteiger partial charge in [0, 0.05) is 0 Å². The summed E-state index contributed by atoms with van der Waals surface area (Å²) in [4.78, 5) is 0. The molecule has 0 aromatic rings. The van der Waals surface area contributed by atoms with Gasteiger partial charge in [-0.15, -0.1) is 0 Å². The maximum atomic E-state index is 8.67. The lowest BCUT2D eigenvalue weighted by Crippen LogP contribution is -2.29. The molecule has 0 aliphatic heterocycles. The summed E-state index contributed by atoms with van der Waals surface area (Å²) in [6.07, 6.45) is 5.89. The summed E-state index contributed by atoms with van der Waals surface area (Å²) in [6.45, 7) is 7.08. The zero-order valence-corrected chi connectivity index (χ0v) is 9.31. The molecule has 0 aromatic heterocycles. The minimum atomic E-state index is -0.0160. The maximum Gasteiger partial charge on any atom is 0.0705 e. The minimum absolute atomic E-state index is 0.0160. The SMILES string of the molecule is CCCCCC(C)(CC)OCCO. The van der Waals surface area contributed by atoms with E-state index in [1.54, 1.807) is 0 Å². The van der Waals surface area contributed by atoms with Crippen LogP contribution >= 0.6 is 0 Å². The second-order valence-electron chi connectivity index (χ2n) is 3.83. The van der Waals surface area contributed by atoms with Gasteiger partial charge in [0.15, 0.2) is 0 Å². The van der Waals surface area contributed by atoms with Crippen LogP contribution in [0, 0.1) is 0 Å². The normalized spacial score (nSPS) is 15.7. The molecule has 2 nitrogen and oxygen atoms in total. The van der Waals surface area contributed by atoms with Crippen molar-refractivity contribution in [1.82, 2.24) is 0 Å². The Hall–Kier alpha value is -0.0800. The van der Waals surface area contributed by atoms with E-state index in [0.29, 0.717) is 6.61 Å². The molecule has 0 heterocycles. The molecule has 0 aliphatic carbocycles. The van der Waals surface area contributed by atoms with Crippen LogP contribution in [0.4, 0.5) is 0 Å². The Balaban J connectivity index is 3.67. The average molecular weight is 188 g/mol. The van der Waals surface area contributed by atoms with E-state index in [4.69, 9.17) is 9.84 Å². The van der Waals surface area contributed by atoms with Crippen LogP contribution < -0.4 is 0 Å². The van der Waals surface area contributed by atoms with E-state index in [1.807, 2.05) is 0 Å². The highest BCUT2D eigenvalue weighted by Crippen LogP contribution is 2.22. The van der Waals surface area contributed by atoms with Gasteiger partial charge in [-0.3, -0.25) is 0 Å². The quantitative estimate of drug-likeness (QED) is 0.593. The van der Waals surface area contributed by atoms with Gasteiger partial charge in [0.2, 0.25) is 0 Å². The molecule has 0 aromatic carbocycles. The Morgan fingerprint density at radius 3 is 2.38 bits per heavy atom. The van der Waals surface area contributed by atoms with E-state index in [9.17, 15) is 0 Å². The third-order valence-electron chi connectivity index (χ3n) is 2.60. The van der Waals surface area contributed by atoms with Crippen LogP contribution in [-0.2, 0) is 4.74 Å². The molecule has 2 heteroatoms. The molecule has 0 spiro atoms. The predicted molar refractivity (Wildman–Crippen MR) is 55.9 cm³/mol. The van der Waals surface area contributed by atoms with Gasteiger partial charge in [0.1, 0.15) is 0 Å². The van der Waals surface area contributed by atoms with Crippen molar-refractivity contribution in [2.45, 2.75) is 58.5 Å². The molecule has 0 fully saturated rings. The Bertz CT molecular complexity index is 115. The lowest BCUT2D eigenvalue weighted by Gasteiger charge is -2.28. The molecular weight excluding hydrogens is 164 g/mol. The van der Waals surface area contributed by atoms with E-state index >= 15 is 0 Å². The number of rotatable bonds is 8. The van der Waals surface area contributed by atoms with Gasteiger partial charge in [-0.1, -0.05) is 33.1 Å². The van der Waals surface area contributed by atoms with Crippen molar-refractivity contribution in [3.8, 4) is 0 Å². The number of unbranched alkanes of at least 4 members (excludes halogenated alkanes) is 2. The van der Waals surface area contributed by atoms with E-state index in [1.165, 1.54) is 19.3 Å². The monoisotopic (exact) mass is 188 g/mol. The first-order chi connectivity index (χ1) is 6.18. The van der Waals surface area contributed by atoms with Gasteiger partial charge < -0.3 is 9.84 Å². The topological polar surface area (TPSA) is 29.5 Å². The van der Waals surface area contributed by atoms with Crippen LogP contribution in [0.3, 0.4) is 0 Å². The van der Waals surface area contributed by atoms with Crippen molar-refractivity contribution in [3.05, 3.63) is 0 Å². The van der Waals surface area contributed by atoms with Crippen molar-refractivity contribution >= 4 is 0 Å². The van der Waals surface area contributed by atoms with Crippen molar-refractivity contribution in [2.24, 2.45) is 0 Å². The standard InChI is InChI=1S/C11H24O2/c1-4-6-7-8-11(3,5-2)13-10-9-12/h12H,4-10H2,1-3H3. The molecule has 0 aliphatic rings. The fourth-order valence-corrected chi connectivity index (χ4v) is 1.39. The molecule has 0 radical (unpaired) electrons. The van der Waals surface area contributed by atoms with Crippen molar-refractivity contribution < 1.29 is 9.84 Å². The number of aliphatic hydroxyl groups is 1. The van der Waals surface area contributed by atoms with Crippen LogP contribution in [0.15, 0.2) is 0 Å². The third kappa shape index (κ3) is 6.05. The Labute approximate surface area is 82.3 Å². The van der Waals surface area contributed by atoms with Crippen molar-refractivity contribution in [3.63, 3.8) is 0 Å². The van der Waals surface area contributed by atoms with Crippen LogP contribution in [0.1, 0.15) is 52.9 Å². The van der Waals surface area contributed by atoms with Crippen LogP contribution in [0.2, 0.25) is 0 Å². The molecule has 80 valence electrons. The molecule has 0 saturated heterocycles. The second kappa shape index (κ2) is 7.34. The molecule has 1 unspecified atom stereocenters. The molecule has 1 atom stereocenters. The number of hydrogen-bond acceptors (Lipinski definition) is 2. The average Bonchev–Trinajstić information content (AvgIpc) is 2.15. The summed E-state index contributed by atoms with van der Waals surface area (Å²) in [5.74, 6) is 0. The molecule has 1 N–H and O–H groups in total. The highest BCUT2D eigenvalue weighted by Gasteiger charge is 2.21. The van der Waals surface area contributed by atoms with Crippen LogP contribution in [0.25, 0.3) is 0 Å². The van der Waals surface area contributed by atoms with E-state index in [2.05, 4.69) is 20.8 Å². The zero-order valence-electron chi connectivity index (χ0n) is 9.31. The Morgan fingerprint density at radius 2 is 1.92 bits per heavy atom. The summed E-state index contributed by atoms with van der Waals surface area (Å²) in [6, 6.07) is 0. The van der Waals surface area contributed by atoms with Gasteiger partial charge in [0.05, 0.1) is 18.8 Å².